The van der Waals surface area contributed by atoms with E-state index < -0.39 is 0 Å². The maximum absolute atomic E-state index is 10.7. The molecular formula is C9H16O2. The first kappa shape index (κ1) is 10.2. The van der Waals surface area contributed by atoms with Gasteiger partial charge in [-0.3, -0.25) is 0 Å². The Morgan fingerprint density at radius 3 is 2.45 bits per heavy atom. The van der Waals surface area contributed by atoms with Crippen molar-refractivity contribution in [3.05, 3.63) is 12.7 Å². The molecule has 0 aliphatic carbocycles. The van der Waals surface area contributed by atoms with Crippen LogP contribution in [0.2, 0.25) is 0 Å². The first-order chi connectivity index (χ1) is 5.06. The topological polar surface area (TPSA) is 26.3 Å². The molecule has 2 heteroatoms. The van der Waals surface area contributed by atoms with Gasteiger partial charge >= 0.3 is 5.97 Å². The standard InChI is InChI=1S/C9H16O2/c1-5-9(10)11-8(4)6-7(2)3/h5,7-8H,1,6H2,2-4H3. The fourth-order valence-electron chi connectivity index (χ4n) is 0.958. The van der Waals surface area contributed by atoms with Crippen LogP contribution in [0.4, 0.5) is 0 Å². The van der Waals surface area contributed by atoms with Crippen LogP contribution in [0.25, 0.3) is 0 Å². The normalized spacial score (nSPS) is 12.7. The molecule has 0 aromatic rings. The van der Waals surface area contributed by atoms with Crippen LogP contribution in [0.1, 0.15) is 27.2 Å². The summed E-state index contributed by atoms with van der Waals surface area (Å²) in [5.41, 5.74) is 0. The van der Waals surface area contributed by atoms with E-state index in [2.05, 4.69) is 20.4 Å². The lowest BCUT2D eigenvalue weighted by Crippen LogP contribution is -2.14. The van der Waals surface area contributed by atoms with Crippen LogP contribution in [0.15, 0.2) is 12.7 Å². The summed E-state index contributed by atoms with van der Waals surface area (Å²) in [4.78, 5) is 10.7. The fraction of sp³-hybridized carbons (Fsp3) is 0.667. The zero-order chi connectivity index (χ0) is 8.85. The third-order valence-corrected chi connectivity index (χ3v) is 1.29. The minimum absolute atomic E-state index is 0.000463. The second-order valence-corrected chi connectivity index (χ2v) is 3.08. The van der Waals surface area contributed by atoms with E-state index in [9.17, 15) is 4.79 Å². The van der Waals surface area contributed by atoms with E-state index in [0.29, 0.717) is 5.92 Å². The van der Waals surface area contributed by atoms with E-state index >= 15 is 0 Å². The minimum Gasteiger partial charge on any atom is -0.460 e. The van der Waals surface area contributed by atoms with Crippen molar-refractivity contribution in [2.75, 3.05) is 0 Å². The molecule has 0 bridgehead atoms. The number of hydrogen-bond donors (Lipinski definition) is 0. The molecule has 0 aromatic heterocycles. The summed E-state index contributed by atoms with van der Waals surface area (Å²) < 4.78 is 4.95. The van der Waals surface area contributed by atoms with Crippen molar-refractivity contribution in [3.8, 4) is 0 Å². The van der Waals surface area contributed by atoms with Gasteiger partial charge in [-0.15, -0.1) is 0 Å². The molecule has 0 fully saturated rings. The average molecular weight is 156 g/mol. The Balaban J connectivity index is 3.59. The summed E-state index contributed by atoms with van der Waals surface area (Å²) in [5.74, 6) is 0.223. The Morgan fingerprint density at radius 2 is 2.09 bits per heavy atom. The molecule has 11 heavy (non-hydrogen) atoms. The van der Waals surface area contributed by atoms with Gasteiger partial charge in [-0.25, -0.2) is 4.79 Å². The Bertz CT molecular complexity index is 138. The minimum atomic E-state index is -0.335. The Kier molecular flexibility index (Phi) is 4.59. The van der Waals surface area contributed by atoms with E-state index in [1.165, 1.54) is 6.08 Å². The molecule has 64 valence electrons. The lowest BCUT2D eigenvalue weighted by molar-refractivity contribution is -0.142. The van der Waals surface area contributed by atoms with Crippen LogP contribution in [0, 0.1) is 5.92 Å². The molecule has 1 unspecified atom stereocenters. The number of hydrogen-bond acceptors (Lipinski definition) is 2. The van der Waals surface area contributed by atoms with Crippen molar-refractivity contribution in [2.24, 2.45) is 5.92 Å². The van der Waals surface area contributed by atoms with Crippen LogP contribution in [0.3, 0.4) is 0 Å². The third kappa shape index (κ3) is 5.64. The fourth-order valence-corrected chi connectivity index (χ4v) is 0.958. The Morgan fingerprint density at radius 1 is 1.55 bits per heavy atom. The first-order valence-electron chi connectivity index (χ1n) is 3.89. The highest BCUT2D eigenvalue weighted by atomic mass is 16.5. The lowest BCUT2D eigenvalue weighted by atomic mass is 10.1. The summed E-state index contributed by atoms with van der Waals surface area (Å²) in [6.45, 7) is 9.40. The molecule has 0 amide bonds. The smallest absolute Gasteiger partial charge is 0.330 e. The third-order valence-electron chi connectivity index (χ3n) is 1.29. The van der Waals surface area contributed by atoms with Crippen LogP contribution in [-0.2, 0) is 9.53 Å². The van der Waals surface area contributed by atoms with Crippen molar-refractivity contribution in [1.82, 2.24) is 0 Å². The lowest BCUT2D eigenvalue weighted by Gasteiger charge is -2.13. The zero-order valence-corrected chi connectivity index (χ0v) is 7.46. The van der Waals surface area contributed by atoms with Gasteiger partial charge in [-0.1, -0.05) is 20.4 Å². The molecule has 0 aliphatic rings. The number of carbonyl (C=O) groups is 1. The molecule has 0 spiro atoms. The molecule has 0 saturated heterocycles. The van der Waals surface area contributed by atoms with Gasteiger partial charge in [-0.2, -0.15) is 0 Å². The molecule has 0 N–H and O–H groups in total. The van der Waals surface area contributed by atoms with Crippen molar-refractivity contribution >= 4 is 5.97 Å². The van der Waals surface area contributed by atoms with Crippen LogP contribution in [-0.4, -0.2) is 12.1 Å². The van der Waals surface area contributed by atoms with Crippen molar-refractivity contribution in [1.29, 1.82) is 0 Å². The molecule has 2 nitrogen and oxygen atoms in total. The highest BCUT2D eigenvalue weighted by molar-refractivity contribution is 5.81. The molecule has 0 saturated carbocycles. The summed E-state index contributed by atoms with van der Waals surface area (Å²) in [7, 11) is 0. The zero-order valence-electron chi connectivity index (χ0n) is 7.46. The SMILES string of the molecule is C=CC(=O)OC(C)CC(C)C. The summed E-state index contributed by atoms with van der Waals surface area (Å²) in [6, 6.07) is 0. The number of ether oxygens (including phenoxy) is 1. The number of rotatable bonds is 4. The van der Waals surface area contributed by atoms with Crippen molar-refractivity contribution < 1.29 is 9.53 Å². The largest absolute Gasteiger partial charge is 0.460 e. The van der Waals surface area contributed by atoms with Gasteiger partial charge in [0.25, 0.3) is 0 Å². The molecular weight excluding hydrogens is 140 g/mol. The highest BCUT2D eigenvalue weighted by Gasteiger charge is 2.07. The summed E-state index contributed by atoms with van der Waals surface area (Å²) in [6.07, 6.45) is 2.09. The van der Waals surface area contributed by atoms with Crippen LogP contribution >= 0.6 is 0 Å². The predicted octanol–water partition coefficient (Wildman–Crippen LogP) is 2.15. The van der Waals surface area contributed by atoms with E-state index in [1.807, 2.05) is 6.92 Å². The predicted molar refractivity (Wildman–Crippen MR) is 45.2 cm³/mol. The van der Waals surface area contributed by atoms with Crippen LogP contribution < -0.4 is 0 Å². The maximum atomic E-state index is 10.7. The van der Waals surface area contributed by atoms with Gasteiger partial charge in [0.2, 0.25) is 0 Å². The molecule has 0 aromatic carbocycles. The average Bonchev–Trinajstić information content (AvgIpc) is 1.85. The van der Waals surface area contributed by atoms with Gasteiger partial charge < -0.3 is 4.74 Å². The van der Waals surface area contributed by atoms with E-state index in [0.717, 1.165) is 6.42 Å². The summed E-state index contributed by atoms with van der Waals surface area (Å²) >= 11 is 0. The second kappa shape index (κ2) is 4.94. The quantitative estimate of drug-likeness (QED) is 0.460. The van der Waals surface area contributed by atoms with Gasteiger partial charge in [0, 0.05) is 6.08 Å². The summed E-state index contributed by atoms with van der Waals surface area (Å²) in [5, 5.41) is 0. The van der Waals surface area contributed by atoms with Gasteiger partial charge in [0.05, 0.1) is 6.10 Å². The monoisotopic (exact) mass is 156 g/mol. The van der Waals surface area contributed by atoms with Crippen LogP contribution in [0.5, 0.6) is 0 Å². The number of esters is 1. The number of carbonyl (C=O) groups excluding carboxylic acids is 1. The molecule has 0 rings (SSSR count). The molecule has 1 atom stereocenters. The Labute approximate surface area is 68.2 Å². The second-order valence-electron chi connectivity index (χ2n) is 3.08. The maximum Gasteiger partial charge on any atom is 0.330 e. The van der Waals surface area contributed by atoms with Gasteiger partial charge in [0.1, 0.15) is 0 Å². The van der Waals surface area contributed by atoms with Crippen molar-refractivity contribution in [3.63, 3.8) is 0 Å². The highest BCUT2D eigenvalue weighted by Crippen LogP contribution is 2.07. The first-order valence-corrected chi connectivity index (χ1v) is 3.89. The Hall–Kier alpha value is -0.790. The van der Waals surface area contributed by atoms with Gasteiger partial charge in [-0.05, 0) is 19.3 Å². The molecule has 0 radical (unpaired) electrons. The van der Waals surface area contributed by atoms with Crippen molar-refractivity contribution in [2.45, 2.75) is 33.3 Å². The van der Waals surface area contributed by atoms with E-state index in [1.54, 1.807) is 0 Å². The van der Waals surface area contributed by atoms with Gasteiger partial charge in [0.15, 0.2) is 0 Å². The molecule has 0 aliphatic heterocycles. The van der Waals surface area contributed by atoms with E-state index in [-0.39, 0.29) is 12.1 Å². The molecule has 0 heterocycles. The van der Waals surface area contributed by atoms with E-state index in [4.69, 9.17) is 4.74 Å².